The van der Waals surface area contributed by atoms with Gasteiger partial charge in [0.2, 0.25) is 0 Å². The Kier molecular flexibility index (Phi) is 4.20. The highest BCUT2D eigenvalue weighted by molar-refractivity contribution is 5.70. The van der Waals surface area contributed by atoms with Crippen LogP contribution in [0.3, 0.4) is 0 Å². The van der Waals surface area contributed by atoms with Gasteiger partial charge in [0.1, 0.15) is 11.4 Å². The van der Waals surface area contributed by atoms with Crippen LogP contribution in [0.4, 0.5) is 0 Å². The summed E-state index contributed by atoms with van der Waals surface area (Å²) >= 11 is 0. The summed E-state index contributed by atoms with van der Waals surface area (Å²) in [5.41, 5.74) is 4.63. The minimum absolute atomic E-state index is 0.284. The molecular weight excluding hydrogens is 284 g/mol. The van der Waals surface area contributed by atoms with E-state index in [4.69, 9.17) is 0 Å². The zero-order chi connectivity index (χ0) is 16.4. The van der Waals surface area contributed by atoms with E-state index in [0.717, 1.165) is 29.1 Å². The van der Waals surface area contributed by atoms with E-state index in [1.165, 1.54) is 5.56 Å². The van der Waals surface area contributed by atoms with Gasteiger partial charge in [0, 0.05) is 5.56 Å². The summed E-state index contributed by atoms with van der Waals surface area (Å²) < 4.78 is 1.84. The third-order valence-corrected chi connectivity index (χ3v) is 3.86. The van der Waals surface area contributed by atoms with Gasteiger partial charge in [-0.25, -0.2) is 4.68 Å². The lowest BCUT2D eigenvalue weighted by atomic mass is 10.0. The Bertz CT molecular complexity index is 787. The summed E-state index contributed by atoms with van der Waals surface area (Å²) in [5.74, 6) is 0.720. The second-order valence-electron chi connectivity index (χ2n) is 6.36. The third kappa shape index (κ3) is 3.14. The minimum Gasteiger partial charge on any atom is -0.504 e. The van der Waals surface area contributed by atoms with Crippen LogP contribution in [0.15, 0.2) is 54.6 Å². The fourth-order valence-electron chi connectivity index (χ4n) is 2.71. The van der Waals surface area contributed by atoms with Gasteiger partial charge in [0.05, 0.1) is 5.69 Å². The smallest absolute Gasteiger partial charge is 0.165 e. The van der Waals surface area contributed by atoms with Crippen LogP contribution in [0.5, 0.6) is 5.75 Å². The van der Waals surface area contributed by atoms with E-state index in [1.54, 1.807) is 0 Å². The molecular formula is C20H22N2O. The molecule has 3 nitrogen and oxygen atoms in total. The van der Waals surface area contributed by atoms with Crippen molar-refractivity contribution in [3.8, 4) is 22.7 Å². The largest absolute Gasteiger partial charge is 0.504 e. The molecule has 0 aliphatic rings. The molecule has 0 fully saturated rings. The monoisotopic (exact) mass is 306 g/mol. The van der Waals surface area contributed by atoms with Gasteiger partial charge < -0.3 is 5.11 Å². The summed E-state index contributed by atoms with van der Waals surface area (Å²) in [6, 6.07) is 18.1. The second kappa shape index (κ2) is 6.29. The summed E-state index contributed by atoms with van der Waals surface area (Å²) in [7, 11) is 0. The van der Waals surface area contributed by atoms with Gasteiger partial charge in [-0.15, -0.1) is 0 Å². The van der Waals surface area contributed by atoms with Gasteiger partial charge in [0.25, 0.3) is 0 Å². The van der Waals surface area contributed by atoms with Gasteiger partial charge in [0.15, 0.2) is 5.75 Å². The van der Waals surface area contributed by atoms with Crippen LogP contribution in [0, 0.1) is 12.8 Å². The standard InChI is InChI=1S/C20H22N2O/c1-14(2)13-18-20(23)19(16-11-9-15(3)10-12-16)22(21-18)17-7-5-4-6-8-17/h4-12,14,23H,13H2,1-3H3. The van der Waals surface area contributed by atoms with Crippen molar-refractivity contribution in [3.63, 3.8) is 0 Å². The van der Waals surface area contributed by atoms with E-state index in [9.17, 15) is 5.11 Å². The molecule has 0 unspecified atom stereocenters. The molecule has 0 spiro atoms. The predicted molar refractivity (Wildman–Crippen MR) is 93.9 cm³/mol. The number of rotatable bonds is 4. The average Bonchev–Trinajstić information content (AvgIpc) is 2.85. The molecule has 0 saturated carbocycles. The highest BCUT2D eigenvalue weighted by Gasteiger charge is 2.20. The fourth-order valence-corrected chi connectivity index (χ4v) is 2.71. The molecule has 0 amide bonds. The number of benzene rings is 2. The van der Waals surface area contributed by atoms with Crippen molar-refractivity contribution in [1.29, 1.82) is 0 Å². The first-order chi connectivity index (χ1) is 11.1. The number of hydrogen-bond donors (Lipinski definition) is 1. The van der Waals surface area contributed by atoms with Crippen molar-refractivity contribution in [2.75, 3.05) is 0 Å². The van der Waals surface area contributed by atoms with Crippen LogP contribution in [-0.2, 0) is 6.42 Å². The van der Waals surface area contributed by atoms with Crippen LogP contribution in [0.25, 0.3) is 16.9 Å². The number of aryl methyl sites for hydroxylation is 1. The molecule has 3 rings (SSSR count). The Labute approximate surface area is 137 Å². The molecule has 23 heavy (non-hydrogen) atoms. The summed E-state index contributed by atoms with van der Waals surface area (Å²) in [5, 5.41) is 15.4. The van der Waals surface area contributed by atoms with Crippen molar-refractivity contribution in [2.24, 2.45) is 5.92 Å². The number of aromatic hydroxyl groups is 1. The first-order valence-electron chi connectivity index (χ1n) is 7.99. The third-order valence-electron chi connectivity index (χ3n) is 3.86. The maximum Gasteiger partial charge on any atom is 0.165 e. The molecule has 3 aromatic rings. The molecule has 0 atom stereocenters. The topological polar surface area (TPSA) is 38.1 Å². The van der Waals surface area contributed by atoms with Gasteiger partial charge in [-0.05, 0) is 31.4 Å². The van der Waals surface area contributed by atoms with Crippen molar-refractivity contribution >= 4 is 0 Å². The number of nitrogens with zero attached hydrogens (tertiary/aromatic N) is 2. The van der Waals surface area contributed by atoms with Gasteiger partial charge >= 0.3 is 0 Å². The maximum absolute atomic E-state index is 10.8. The number of aromatic nitrogens is 2. The van der Waals surface area contributed by atoms with Crippen LogP contribution in [-0.4, -0.2) is 14.9 Å². The first-order valence-corrected chi connectivity index (χ1v) is 7.99. The zero-order valence-corrected chi connectivity index (χ0v) is 13.8. The van der Waals surface area contributed by atoms with Gasteiger partial charge in [-0.3, -0.25) is 0 Å². The minimum atomic E-state index is 0.284. The maximum atomic E-state index is 10.8. The zero-order valence-electron chi connectivity index (χ0n) is 13.8. The second-order valence-corrected chi connectivity index (χ2v) is 6.36. The molecule has 0 radical (unpaired) electrons. The Morgan fingerprint density at radius 3 is 2.26 bits per heavy atom. The molecule has 3 heteroatoms. The number of hydrogen-bond acceptors (Lipinski definition) is 2. The normalized spacial score (nSPS) is 11.1. The lowest BCUT2D eigenvalue weighted by Crippen LogP contribution is -2.00. The molecule has 0 aliphatic heterocycles. The van der Waals surface area contributed by atoms with Crippen LogP contribution < -0.4 is 0 Å². The van der Waals surface area contributed by atoms with E-state index in [0.29, 0.717) is 5.92 Å². The van der Waals surface area contributed by atoms with Gasteiger partial charge in [-0.1, -0.05) is 61.9 Å². The van der Waals surface area contributed by atoms with E-state index in [2.05, 4.69) is 38.0 Å². The summed E-state index contributed by atoms with van der Waals surface area (Å²) in [4.78, 5) is 0. The Morgan fingerprint density at radius 2 is 1.65 bits per heavy atom. The molecule has 2 aromatic carbocycles. The SMILES string of the molecule is Cc1ccc(-c2c(O)c(CC(C)C)nn2-c2ccccc2)cc1. The Hall–Kier alpha value is -2.55. The quantitative estimate of drug-likeness (QED) is 0.755. The highest BCUT2D eigenvalue weighted by atomic mass is 16.3. The number of para-hydroxylation sites is 1. The van der Waals surface area contributed by atoms with Crippen LogP contribution in [0.1, 0.15) is 25.1 Å². The van der Waals surface area contributed by atoms with Gasteiger partial charge in [-0.2, -0.15) is 5.10 Å². The fraction of sp³-hybridized carbons (Fsp3) is 0.250. The van der Waals surface area contributed by atoms with E-state index in [1.807, 2.05) is 47.1 Å². The average molecular weight is 306 g/mol. The molecule has 0 bridgehead atoms. The molecule has 1 heterocycles. The highest BCUT2D eigenvalue weighted by Crippen LogP contribution is 2.35. The molecule has 1 N–H and O–H groups in total. The Morgan fingerprint density at radius 1 is 1.00 bits per heavy atom. The summed E-state index contributed by atoms with van der Waals surface area (Å²) in [6.07, 6.45) is 0.754. The van der Waals surface area contributed by atoms with E-state index >= 15 is 0 Å². The Balaban J connectivity index is 2.19. The van der Waals surface area contributed by atoms with Crippen molar-refractivity contribution in [3.05, 3.63) is 65.9 Å². The summed E-state index contributed by atoms with van der Waals surface area (Å²) in [6.45, 7) is 6.32. The van der Waals surface area contributed by atoms with E-state index in [-0.39, 0.29) is 5.75 Å². The molecule has 0 aliphatic carbocycles. The first kappa shape index (κ1) is 15.3. The molecule has 1 aromatic heterocycles. The van der Waals surface area contributed by atoms with Crippen molar-refractivity contribution in [2.45, 2.75) is 27.2 Å². The van der Waals surface area contributed by atoms with Crippen molar-refractivity contribution < 1.29 is 5.11 Å². The molecule has 0 saturated heterocycles. The van der Waals surface area contributed by atoms with E-state index < -0.39 is 0 Å². The van der Waals surface area contributed by atoms with Crippen LogP contribution >= 0.6 is 0 Å². The lowest BCUT2D eigenvalue weighted by Gasteiger charge is -2.08. The lowest BCUT2D eigenvalue weighted by molar-refractivity contribution is 0.464. The van der Waals surface area contributed by atoms with Crippen LogP contribution in [0.2, 0.25) is 0 Å². The van der Waals surface area contributed by atoms with Crippen molar-refractivity contribution in [1.82, 2.24) is 9.78 Å². The molecule has 118 valence electrons. The predicted octanol–water partition coefficient (Wildman–Crippen LogP) is 4.75.